The van der Waals surface area contributed by atoms with E-state index >= 15 is 0 Å². The molecule has 2 rings (SSSR count). The van der Waals surface area contributed by atoms with Crippen LogP contribution in [0.3, 0.4) is 0 Å². The zero-order valence-electron chi connectivity index (χ0n) is 16.8. The lowest BCUT2D eigenvalue weighted by atomic mass is 10.0. The quantitative estimate of drug-likeness (QED) is 0.697. The summed E-state index contributed by atoms with van der Waals surface area (Å²) in [4.78, 5) is 23.7. The lowest BCUT2D eigenvalue weighted by molar-refractivity contribution is -0.129. The summed E-state index contributed by atoms with van der Waals surface area (Å²) in [6.45, 7) is 5.96. The third-order valence-corrected chi connectivity index (χ3v) is 4.24. The predicted molar refractivity (Wildman–Crippen MR) is 108 cm³/mol. The van der Waals surface area contributed by atoms with E-state index in [1.165, 1.54) is 6.92 Å². The Hall–Kier alpha value is -3.02. The van der Waals surface area contributed by atoms with Gasteiger partial charge in [0.2, 0.25) is 11.8 Å². The Morgan fingerprint density at radius 1 is 1.00 bits per heavy atom. The fourth-order valence-electron chi connectivity index (χ4n) is 2.73. The zero-order chi connectivity index (χ0) is 20.5. The molecule has 0 spiro atoms. The Bertz CT molecular complexity index is 790. The van der Waals surface area contributed by atoms with Gasteiger partial charge in [-0.1, -0.05) is 50.2 Å². The number of ether oxygens (including phenoxy) is 2. The SMILES string of the molecule is COc1cc(CNC(=O)[C@@H](NC(C)=O)C(C)C)ccc1OCc1ccccc1. The minimum Gasteiger partial charge on any atom is -0.493 e. The minimum atomic E-state index is -0.562. The van der Waals surface area contributed by atoms with Crippen molar-refractivity contribution in [2.75, 3.05) is 7.11 Å². The molecule has 0 unspecified atom stereocenters. The van der Waals surface area contributed by atoms with Crippen LogP contribution in [-0.4, -0.2) is 25.0 Å². The molecule has 150 valence electrons. The summed E-state index contributed by atoms with van der Waals surface area (Å²) in [5, 5.41) is 5.55. The van der Waals surface area contributed by atoms with Gasteiger partial charge in [-0.15, -0.1) is 0 Å². The second kappa shape index (κ2) is 10.3. The van der Waals surface area contributed by atoms with Crippen molar-refractivity contribution >= 4 is 11.8 Å². The number of methoxy groups -OCH3 is 1. The van der Waals surface area contributed by atoms with E-state index in [1.54, 1.807) is 7.11 Å². The molecule has 2 amide bonds. The van der Waals surface area contributed by atoms with Gasteiger partial charge in [0.05, 0.1) is 7.11 Å². The molecule has 0 saturated heterocycles. The smallest absolute Gasteiger partial charge is 0.243 e. The van der Waals surface area contributed by atoms with Crippen LogP contribution in [0.1, 0.15) is 31.9 Å². The van der Waals surface area contributed by atoms with Crippen molar-refractivity contribution in [2.45, 2.75) is 40.0 Å². The van der Waals surface area contributed by atoms with Crippen LogP contribution in [0, 0.1) is 5.92 Å². The topological polar surface area (TPSA) is 76.7 Å². The maximum Gasteiger partial charge on any atom is 0.243 e. The fraction of sp³-hybridized carbons (Fsp3) is 0.364. The maximum atomic E-state index is 12.4. The van der Waals surface area contributed by atoms with Crippen molar-refractivity contribution in [1.82, 2.24) is 10.6 Å². The predicted octanol–water partition coefficient (Wildman–Crippen LogP) is 3.05. The summed E-state index contributed by atoms with van der Waals surface area (Å²) in [5.74, 6) is 0.792. The number of carbonyl (C=O) groups excluding carboxylic acids is 2. The Balaban J connectivity index is 1.99. The number of hydrogen-bond acceptors (Lipinski definition) is 4. The molecule has 0 aliphatic carbocycles. The van der Waals surface area contributed by atoms with Crippen molar-refractivity contribution < 1.29 is 19.1 Å². The van der Waals surface area contributed by atoms with E-state index in [0.717, 1.165) is 11.1 Å². The molecule has 0 bridgehead atoms. The van der Waals surface area contributed by atoms with Gasteiger partial charge in [0.1, 0.15) is 12.6 Å². The molecular weight excluding hydrogens is 356 g/mol. The van der Waals surface area contributed by atoms with Crippen LogP contribution < -0.4 is 20.1 Å². The van der Waals surface area contributed by atoms with Gasteiger partial charge < -0.3 is 20.1 Å². The highest BCUT2D eigenvalue weighted by molar-refractivity contribution is 5.87. The standard InChI is InChI=1S/C22H28N2O4/c1-15(2)21(24-16(3)25)22(26)23-13-18-10-11-19(20(12-18)27-4)28-14-17-8-6-5-7-9-17/h5-12,15,21H,13-14H2,1-4H3,(H,23,26)(H,24,25)/t21-/m0/s1. The minimum absolute atomic E-state index is 0.00722. The van der Waals surface area contributed by atoms with Crippen molar-refractivity contribution in [2.24, 2.45) is 5.92 Å². The van der Waals surface area contributed by atoms with Gasteiger partial charge in [-0.3, -0.25) is 9.59 Å². The highest BCUT2D eigenvalue weighted by Crippen LogP contribution is 2.28. The number of nitrogens with one attached hydrogen (secondary N) is 2. The van der Waals surface area contributed by atoms with Gasteiger partial charge in [0.25, 0.3) is 0 Å². The van der Waals surface area contributed by atoms with Crippen molar-refractivity contribution in [3.05, 3.63) is 59.7 Å². The molecule has 6 heteroatoms. The fourth-order valence-corrected chi connectivity index (χ4v) is 2.73. The van der Waals surface area contributed by atoms with Crippen LogP contribution in [0.25, 0.3) is 0 Å². The van der Waals surface area contributed by atoms with E-state index in [0.29, 0.717) is 24.7 Å². The van der Waals surface area contributed by atoms with Gasteiger partial charge >= 0.3 is 0 Å². The van der Waals surface area contributed by atoms with Crippen LogP contribution in [0.5, 0.6) is 11.5 Å². The number of rotatable bonds is 9. The average Bonchev–Trinajstić information content (AvgIpc) is 2.69. The first-order valence-electron chi connectivity index (χ1n) is 9.29. The molecule has 0 aliphatic heterocycles. The first kappa shape index (κ1) is 21.3. The van der Waals surface area contributed by atoms with E-state index in [-0.39, 0.29) is 17.7 Å². The van der Waals surface area contributed by atoms with Crippen LogP contribution in [0.2, 0.25) is 0 Å². The molecule has 0 aromatic heterocycles. The summed E-state index contributed by atoms with van der Waals surface area (Å²) >= 11 is 0. The largest absolute Gasteiger partial charge is 0.493 e. The van der Waals surface area contributed by atoms with E-state index in [1.807, 2.05) is 62.4 Å². The first-order chi connectivity index (χ1) is 13.4. The van der Waals surface area contributed by atoms with Gasteiger partial charge in [-0.2, -0.15) is 0 Å². The summed E-state index contributed by atoms with van der Waals surface area (Å²) in [6, 6.07) is 14.9. The Labute approximate surface area is 166 Å². The highest BCUT2D eigenvalue weighted by atomic mass is 16.5. The summed E-state index contributed by atoms with van der Waals surface area (Å²) in [6.07, 6.45) is 0. The lowest BCUT2D eigenvalue weighted by Gasteiger charge is -2.21. The maximum absolute atomic E-state index is 12.4. The molecule has 0 heterocycles. The number of benzene rings is 2. The monoisotopic (exact) mass is 384 g/mol. The van der Waals surface area contributed by atoms with E-state index in [9.17, 15) is 9.59 Å². The van der Waals surface area contributed by atoms with Crippen LogP contribution in [0.4, 0.5) is 0 Å². The second-order valence-electron chi connectivity index (χ2n) is 6.90. The van der Waals surface area contributed by atoms with Crippen molar-refractivity contribution in [1.29, 1.82) is 0 Å². The summed E-state index contributed by atoms with van der Waals surface area (Å²) in [7, 11) is 1.58. The molecule has 1 atom stereocenters. The van der Waals surface area contributed by atoms with Crippen LogP contribution >= 0.6 is 0 Å². The molecule has 28 heavy (non-hydrogen) atoms. The van der Waals surface area contributed by atoms with Gasteiger partial charge in [0, 0.05) is 13.5 Å². The van der Waals surface area contributed by atoms with Gasteiger partial charge in [-0.25, -0.2) is 0 Å². The van der Waals surface area contributed by atoms with Crippen LogP contribution in [0.15, 0.2) is 48.5 Å². The van der Waals surface area contributed by atoms with E-state index < -0.39 is 6.04 Å². The third-order valence-electron chi connectivity index (χ3n) is 4.24. The third kappa shape index (κ3) is 6.30. The molecular formula is C22H28N2O4. The molecule has 0 saturated carbocycles. The summed E-state index contributed by atoms with van der Waals surface area (Å²) < 4.78 is 11.3. The van der Waals surface area contributed by atoms with Gasteiger partial charge in [-0.05, 0) is 29.2 Å². The highest BCUT2D eigenvalue weighted by Gasteiger charge is 2.22. The Morgan fingerprint density at radius 2 is 1.71 bits per heavy atom. The number of amides is 2. The molecule has 2 N–H and O–H groups in total. The van der Waals surface area contributed by atoms with E-state index in [4.69, 9.17) is 9.47 Å². The molecule has 0 radical (unpaired) electrons. The molecule has 2 aromatic rings. The average molecular weight is 384 g/mol. The van der Waals surface area contributed by atoms with Crippen LogP contribution in [-0.2, 0) is 22.7 Å². The first-order valence-corrected chi connectivity index (χ1v) is 9.29. The Kier molecular flexibility index (Phi) is 7.87. The summed E-state index contributed by atoms with van der Waals surface area (Å²) in [5.41, 5.74) is 1.95. The number of hydrogen-bond donors (Lipinski definition) is 2. The normalized spacial score (nSPS) is 11.6. The second-order valence-corrected chi connectivity index (χ2v) is 6.90. The molecule has 2 aromatic carbocycles. The Morgan fingerprint density at radius 3 is 2.32 bits per heavy atom. The molecule has 0 aliphatic rings. The van der Waals surface area contributed by atoms with Gasteiger partial charge in [0.15, 0.2) is 11.5 Å². The molecule has 0 fully saturated rings. The van der Waals surface area contributed by atoms with Crippen molar-refractivity contribution in [3.63, 3.8) is 0 Å². The zero-order valence-corrected chi connectivity index (χ0v) is 16.8. The van der Waals surface area contributed by atoms with E-state index in [2.05, 4.69) is 10.6 Å². The lowest BCUT2D eigenvalue weighted by Crippen LogP contribution is -2.48. The number of carbonyl (C=O) groups is 2. The molecule has 6 nitrogen and oxygen atoms in total. The van der Waals surface area contributed by atoms with Crippen molar-refractivity contribution in [3.8, 4) is 11.5 Å².